The van der Waals surface area contributed by atoms with Crippen LogP contribution in [0.3, 0.4) is 0 Å². The zero-order valence-electron chi connectivity index (χ0n) is 10.9. The Hall–Kier alpha value is -0.870. The van der Waals surface area contributed by atoms with Gasteiger partial charge in [-0.15, -0.1) is 0 Å². The van der Waals surface area contributed by atoms with Crippen molar-refractivity contribution in [1.82, 2.24) is 9.78 Å². The first-order valence-corrected chi connectivity index (χ1v) is 6.56. The molecule has 0 amide bonds. The van der Waals surface area contributed by atoms with Crippen LogP contribution in [0, 0.1) is 0 Å². The number of aryl methyl sites for hydroxylation is 1. The molecule has 0 spiro atoms. The molecule has 1 saturated carbocycles. The summed E-state index contributed by atoms with van der Waals surface area (Å²) in [6, 6.07) is -0.0588. The SMILES string of the molecule is CCOC1(C(N)c2cnn(C)c2)CCCCC1. The molecule has 17 heavy (non-hydrogen) atoms. The van der Waals surface area contributed by atoms with Crippen LogP contribution in [0.4, 0.5) is 0 Å². The van der Waals surface area contributed by atoms with E-state index in [0.717, 1.165) is 25.0 Å². The van der Waals surface area contributed by atoms with Gasteiger partial charge in [-0.25, -0.2) is 0 Å². The van der Waals surface area contributed by atoms with Crippen LogP contribution in [0.15, 0.2) is 12.4 Å². The van der Waals surface area contributed by atoms with Gasteiger partial charge in [0.2, 0.25) is 0 Å². The number of rotatable bonds is 4. The standard InChI is InChI=1S/C13H23N3O/c1-3-17-13(7-5-4-6-8-13)12(14)11-9-15-16(2)10-11/h9-10,12H,3-8,14H2,1-2H3. The van der Waals surface area contributed by atoms with Gasteiger partial charge in [-0.2, -0.15) is 5.10 Å². The Bertz CT molecular complexity index is 350. The topological polar surface area (TPSA) is 53.1 Å². The zero-order chi connectivity index (χ0) is 12.3. The fourth-order valence-electron chi connectivity index (χ4n) is 2.89. The highest BCUT2D eigenvalue weighted by Gasteiger charge is 2.39. The summed E-state index contributed by atoms with van der Waals surface area (Å²) in [5, 5.41) is 4.20. The maximum absolute atomic E-state index is 6.43. The molecule has 1 fully saturated rings. The summed E-state index contributed by atoms with van der Waals surface area (Å²) >= 11 is 0. The van der Waals surface area contributed by atoms with E-state index in [1.165, 1.54) is 19.3 Å². The molecule has 1 atom stereocenters. The molecule has 0 radical (unpaired) electrons. The molecule has 1 aliphatic carbocycles. The van der Waals surface area contributed by atoms with Crippen molar-refractivity contribution in [3.63, 3.8) is 0 Å². The molecule has 0 saturated heterocycles. The Kier molecular flexibility index (Phi) is 3.84. The van der Waals surface area contributed by atoms with Crippen LogP contribution in [-0.4, -0.2) is 22.0 Å². The quantitative estimate of drug-likeness (QED) is 0.873. The summed E-state index contributed by atoms with van der Waals surface area (Å²) < 4.78 is 7.84. The van der Waals surface area contributed by atoms with E-state index >= 15 is 0 Å². The fourth-order valence-corrected chi connectivity index (χ4v) is 2.89. The van der Waals surface area contributed by atoms with Crippen LogP contribution in [0.1, 0.15) is 50.6 Å². The second kappa shape index (κ2) is 5.19. The average molecular weight is 237 g/mol. The monoisotopic (exact) mass is 237 g/mol. The minimum atomic E-state index is -0.171. The number of hydrogen-bond acceptors (Lipinski definition) is 3. The summed E-state index contributed by atoms with van der Waals surface area (Å²) in [6.07, 6.45) is 9.73. The Labute approximate surface area is 103 Å². The number of nitrogens with two attached hydrogens (primary N) is 1. The third-order valence-corrected chi connectivity index (χ3v) is 3.78. The van der Waals surface area contributed by atoms with Crippen LogP contribution < -0.4 is 5.73 Å². The normalized spacial score (nSPS) is 21.4. The van der Waals surface area contributed by atoms with Crippen LogP contribution in [0.5, 0.6) is 0 Å². The molecule has 4 heteroatoms. The highest BCUT2D eigenvalue weighted by Crippen LogP contribution is 2.40. The van der Waals surface area contributed by atoms with Crippen molar-refractivity contribution >= 4 is 0 Å². The summed E-state index contributed by atoms with van der Waals surface area (Å²) in [4.78, 5) is 0. The molecular weight excluding hydrogens is 214 g/mol. The lowest BCUT2D eigenvalue weighted by Crippen LogP contribution is -2.45. The predicted molar refractivity (Wildman–Crippen MR) is 67.6 cm³/mol. The largest absolute Gasteiger partial charge is 0.373 e. The maximum atomic E-state index is 6.43. The van der Waals surface area contributed by atoms with Gasteiger partial charge in [-0.05, 0) is 19.8 Å². The van der Waals surface area contributed by atoms with Gasteiger partial charge in [0.25, 0.3) is 0 Å². The van der Waals surface area contributed by atoms with Crippen LogP contribution in [0.25, 0.3) is 0 Å². The first kappa shape index (κ1) is 12.6. The summed E-state index contributed by atoms with van der Waals surface area (Å²) in [5.74, 6) is 0. The summed E-state index contributed by atoms with van der Waals surface area (Å²) in [5.41, 5.74) is 7.34. The van der Waals surface area contributed by atoms with E-state index in [1.54, 1.807) is 4.68 Å². The first-order chi connectivity index (χ1) is 8.18. The van der Waals surface area contributed by atoms with Crippen molar-refractivity contribution in [2.75, 3.05) is 6.61 Å². The number of ether oxygens (including phenoxy) is 1. The van der Waals surface area contributed by atoms with Gasteiger partial charge in [-0.1, -0.05) is 19.3 Å². The third-order valence-electron chi connectivity index (χ3n) is 3.78. The van der Waals surface area contributed by atoms with Crippen molar-refractivity contribution < 1.29 is 4.74 Å². The maximum Gasteiger partial charge on any atom is 0.0875 e. The molecule has 2 rings (SSSR count). The predicted octanol–water partition coefficient (Wildman–Crippen LogP) is 2.16. The Balaban J connectivity index is 2.20. The van der Waals surface area contributed by atoms with E-state index in [4.69, 9.17) is 10.5 Å². The minimum absolute atomic E-state index is 0.0588. The smallest absolute Gasteiger partial charge is 0.0875 e. The van der Waals surface area contributed by atoms with Crippen LogP contribution >= 0.6 is 0 Å². The van der Waals surface area contributed by atoms with Crippen LogP contribution in [0.2, 0.25) is 0 Å². The molecule has 4 nitrogen and oxygen atoms in total. The number of hydrogen-bond donors (Lipinski definition) is 1. The molecule has 1 aliphatic rings. The molecular formula is C13H23N3O. The highest BCUT2D eigenvalue weighted by molar-refractivity contribution is 5.16. The molecule has 0 aromatic carbocycles. The molecule has 1 heterocycles. The van der Waals surface area contributed by atoms with Gasteiger partial charge < -0.3 is 10.5 Å². The first-order valence-electron chi connectivity index (χ1n) is 6.56. The van der Waals surface area contributed by atoms with E-state index in [9.17, 15) is 0 Å². The lowest BCUT2D eigenvalue weighted by Gasteiger charge is -2.41. The van der Waals surface area contributed by atoms with Gasteiger partial charge >= 0.3 is 0 Å². The second-order valence-corrected chi connectivity index (χ2v) is 4.98. The number of nitrogens with zero attached hydrogens (tertiary/aromatic N) is 2. The third kappa shape index (κ3) is 2.53. The molecule has 1 aromatic rings. The van der Waals surface area contributed by atoms with Crippen molar-refractivity contribution in [1.29, 1.82) is 0 Å². The summed E-state index contributed by atoms with van der Waals surface area (Å²) in [6.45, 7) is 2.78. The van der Waals surface area contributed by atoms with Crippen molar-refractivity contribution in [3.05, 3.63) is 18.0 Å². The number of aromatic nitrogens is 2. The average Bonchev–Trinajstić information content (AvgIpc) is 2.76. The van der Waals surface area contributed by atoms with Gasteiger partial charge in [-0.3, -0.25) is 4.68 Å². The molecule has 1 unspecified atom stereocenters. The lowest BCUT2D eigenvalue weighted by molar-refractivity contribution is -0.0830. The van der Waals surface area contributed by atoms with Crippen molar-refractivity contribution in [2.45, 2.75) is 50.7 Å². The Morgan fingerprint density at radius 1 is 1.47 bits per heavy atom. The van der Waals surface area contributed by atoms with Gasteiger partial charge in [0.15, 0.2) is 0 Å². The van der Waals surface area contributed by atoms with Crippen LogP contribution in [-0.2, 0) is 11.8 Å². The lowest BCUT2D eigenvalue weighted by atomic mass is 9.77. The molecule has 0 aliphatic heterocycles. The van der Waals surface area contributed by atoms with E-state index in [1.807, 2.05) is 26.4 Å². The van der Waals surface area contributed by atoms with Gasteiger partial charge in [0.1, 0.15) is 0 Å². The Morgan fingerprint density at radius 3 is 2.71 bits per heavy atom. The van der Waals surface area contributed by atoms with E-state index in [0.29, 0.717) is 0 Å². The van der Waals surface area contributed by atoms with Gasteiger partial charge in [0.05, 0.1) is 17.8 Å². The zero-order valence-corrected chi connectivity index (χ0v) is 10.9. The van der Waals surface area contributed by atoms with Crippen molar-refractivity contribution in [2.24, 2.45) is 12.8 Å². The van der Waals surface area contributed by atoms with Crippen molar-refractivity contribution in [3.8, 4) is 0 Å². The van der Waals surface area contributed by atoms with E-state index in [2.05, 4.69) is 5.10 Å². The highest BCUT2D eigenvalue weighted by atomic mass is 16.5. The Morgan fingerprint density at radius 2 is 2.18 bits per heavy atom. The van der Waals surface area contributed by atoms with Gasteiger partial charge in [0, 0.05) is 25.4 Å². The molecule has 0 bridgehead atoms. The second-order valence-electron chi connectivity index (χ2n) is 4.98. The fraction of sp³-hybridized carbons (Fsp3) is 0.769. The van der Waals surface area contributed by atoms with E-state index in [-0.39, 0.29) is 11.6 Å². The summed E-state index contributed by atoms with van der Waals surface area (Å²) in [7, 11) is 1.92. The molecule has 2 N–H and O–H groups in total. The molecule has 96 valence electrons. The molecule has 1 aromatic heterocycles. The minimum Gasteiger partial charge on any atom is -0.373 e. The van der Waals surface area contributed by atoms with E-state index < -0.39 is 0 Å².